The Morgan fingerprint density at radius 2 is 2.09 bits per heavy atom. The van der Waals surface area contributed by atoms with Crippen molar-refractivity contribution in [3.05, 3.63) is 23.2 Å². The number of aromatic nitrogens is 4. The summed E-state index contributed by atoms with van der Waals surface area (Å²) in [6.07, 6.45) is 1.28. The fraction of sp³-hybridized carbons (Fsp3) is 0.438. The van der Waals surface area contributed by atoms with Gasteiger partial charge < -0.3 is 21.0 Å². The van der Waals surface area contributed by atoms with E-state index < -0.39 is 51.5 Å². The molecule has 1 fully saturated rings. The van der Waals surface area contributed by atoms with E-state index in [1.807, 2.05) is 0 Å². The minimum absolute atomic E-state index is 0.0666. The molecule has 0 saturated carbocycles. The van der Waals surface area contributed by atoms with Crippen LogP contribution in [0.5, 0.6) is 0 Å². The van der Waals surface area contributed by atoms with E-state index >= 15 is 0 Å². The van der Waals surface area contributed by atoms with Gasteiger partial charge in [-0.15, -0.1) is 11.3 Å². The number of nitrogens with two attached hydrogens (primary N) is 1. The molecule has 34 heavy (non-hydrogen) atoms. The van der Waals surface area contributed by atoms with Gasteiger partial charge in [0.05, 0.1) is 12.6 Å². The third kappa shape index (κ3) is 5.13. The summed E-state index contributed by atoms with van der Waals surface area (Å²) in [5.41, 5.74) is 3.22. The van der Waals surface area contributed by atoms with Gasteiger partial charge >= 0.3 is 16.3 Å². The number of anilines is 1. The van der Waals surface area contributed by atoms with Crippen LogP contribution in [0, 0.1) is 6.92 Å². The summed E-state index contributed by atoms with van der Waals surface area (Å²) < 4.78 is 34.2. The highest BCUT2D eigenvalue weighted by Crippen LogP contribution is 2.25. The molecule has 1 saturated heterocycles. The molecule has 2 aromatic heterocycles. The predicted octanol–water partition coefficient (Wildman–Crippen LogP) is -1.59. The summed E-state index contributed by atoms with van der Waals surface area (Å²) in [4.78, 5) is 49.6. The second-order valence-corrected chi connectivity index (χ2v) is 9.74. The van der Waals surface area contributed by atoms with Crippen LogP contribution in [0.2, 0.25) is 0 Å². The lowest BCUT2D eigenvalue weighted by Gasteiger charge is -2.43. The first-order chi connectivity index (χ1) is 15.7. The summed E-state index contributed by atoms with van der Waals surface area (Å²) in [5, 5.41) is 20.6. The van der Waals surface area contributed by atoms with Crippen molar-refractivity contribution in [1.29, 1.82) is 0 Å². The average molecular weight is 517 g/mol. The number of carbonyl (C=O) groups is 3. The number of carboxylic acids is 1. The highest BCUT2D eigenvalue weighted by atomic mass is 32.2. The quantitative estimate of drug-likeness (QED) is 0.128. The maximum Gasteiger partial charge on any atom is 0.362 e. The number of carbonyl (C=O) groups excluding carboxylic acids is 2. The number of amides is 2. The maximum absolute atomic E-state index is 13.0. The topological polar surface area (TPSA) is 232 Å². The fourth-order valence-electron chi connectivity index (χ4n) is 2.82. The van der Waals surface area contributed by atoms with Crippen molar-refractivity contribution in [2.24, 2.45) is 5.16 Å². The van der Waals surface area contributed by atoms with E-state index in [-0.39, 0.29) is 21.7 Å². The second-order valence-electron chi connectivity index (χ2n) is 7.56. The summed E-state index contributed by atoms with van der Waals surface area (Å²) in [6.45, 7) is 3.75. The molecule has 0 spiro atoms. The van der Waals surface area contributed by atoms with Gasteiger partial charge in [0.1, 0.15) is 23.9 Å². The average Bonchev–Trinajstić information content (AvgIpc) is 3.32. The number of β-lactam (4-membered cyclic amide) rings is 1. The normalized spacial score (nSPS) is 19.0. The molecule has 3 heterocycles. The van der Waals surface area contributed by atoms with Crippen molar-refractivity contribution < 1.29 is 37.3 Å². The van der Waals surface area contributed by atoms with Gasteiger partial charge in [-0.1, -0.05) is 5.16 Å². The molecule has 0 unspecified atom stereocenters. The smallest absolute Gasteiger partial charge is 0.362 e. The molecule has 3 rings (SSSR count). The van der Waals surface area contributed by atoms with Gasteiger partial charge in [-0.05, 0) is 20.8 Å². The highest BCUT2D eigenvalue weighted by molar-refractivity contribution is 7.84. The Hall–Kier alpha value is -3.64. The van der Waals surface area contributed by atoms with Crippen LogP contribution in [0.25, 0.3) is 0 Å². The Bertz CT molecular complexity index is 1270. The Kier molecular flexibility index (Phi) is 6.58. The van der Waals surface area contributed by atoms with E-state index in [1.54, 1.807) is 6.92 Å². The number of nitrogens with one attached hydrogen (secondary N) is 1. The van der Waals surface area contributed by atoms with Crippen LogP contribution in [0.4, 0.5) is 5.13 Å². The Labute approximate surface area is 196 Å². The SMILES string of the molecule is Cc1ncn(C[C@H]2[C@H](NC(=O)C(=NOC(C)(C)C(=O)O)c3csc(N)n3)C(=O)N2S(=O)(=O)O)n1. The zero-order chi connectivity index (χ0) is 25.4. The number of aliphatic carboxylic acids is 1. The molecule has 0 bridgehead atoms. The van der Waals surface area contributed by atoms with E-state index in [9.17, 15) is 32.5 Å². The van der Waals surface area contributed by atoms with Crippen molar-refractivity contribution in [2.75, 3.05) is 5.73 Å². The molecular weight excluding hydrogens is 496 g/mol. The lowest BCUT2D eigenvalue weighted by molar-refractivity contribution is -0.161. The number of oxime groups is 1. The number of nitrogens with zero attached hydrogens (tertiary/aromatic N) is 6. The molecule has 0 aliphatic carbocycles. The molecule has 5 N–H and O–H groups in total. The monoisotopic (exact) mass is 516 g/mol. The summed E-state index contributed by atoms with van der Waals surface area (Å²) in [7, 11) is -4.93. The van der Waals surface area contributed by atoms with Crippen LogP contribution in [-0.4, -0.2) is 83.3 Å². The van der Waals surface area contributed by atoms with Crippen LogP contribution in [0.3, 0.4) is 0 Å². The van der Waals surface area contributed by atoms with E-state index in [0.717, 1.165) is 11.3 Å². The molecule has 2 atom stereocenters. The first kappa shape index (κ1) is 25.0. The van der Waals surface area contributed by atoms with E-state index in [1.165, 1.54) is 30.2 Å². The predicted molar refractivity (Wildman–Crippen MR) is 115 cm³/mol. The Morgan fingerprint density at radius 1 is 1.41 bits per heavy atom. The van der Waals surface area contributed by atoms with Crippen molar-refractivity contribution in [3.8, 4) is 0 Å². The summed E-state index contributed by atoms with van der Waals surface area (Å²) in [5.74, 6) is -3.13. The van der Waals surface area contributed by atoms with Gasteiger partial charge in [-0.3, -0.25) is 18.8 Å². The molecule has 2 amide bonds. The van der Waals surface area contributed by atoms with Crippen molar-refractivity contribution in [1.82, 2.24) is 29.4 Å². The first-order valence-corrected chi connectivity index (χ1v) is 11.7. The molecule has 2 aromatic rings. The molecule has 1 aliphatic heterocycles. The number of aryl methyl sites for hydroxylation is 1. The lowest BCUT2D eigenvalue weighted by atomic mass is 9.98. The molecule has 1 aliphatic rings. The molecule has 18 heteroatoms. The molecule has 0 radical (unpaired) electrons. The van der Waals surface area contributed by atoms with Crippen molar-refractivity contribution >= 4 is 50.3 Å². The van der Waals surface area contributed by atoms with Crippen LogP contribution in [0.1, 0.15) is 25.4 Å². The fourth-order valence-corrected chi connectivity index (χ4v) is 4.24. The van der Waals surface area contributed by atoms with E-state index in [2.05, 4.69) is 25.5 Å². The van der Waals surface area contributed by atoms with E-state index in [4.69, 9.17) is 10.6 Å². The van der Waals surface area contributed by atoms with Crippen LogP contribution < -0.4 is 11.1 Å². The zero-order valence-electron chi connectivity index (χ0n) is 17.9. The van der Waals surface area contributed by atoms with Crippen LogP contribution >= 0.6 is 11.3 Å². The Morgan fingerprint density at radius 3 is 2.59 bits per heavy atom. The minimum Gasteiger partial charge on any atom is -0.478 e. The number of hydrogen-bond acceptors (Lipinski definition) is 12. The van der Waals surface area contributed by atoms with Crippen LogP contribution in [0.15, 0.2) is 16.9 Å². The van der Waals surface area contributed by atoms with Gasteiger partial charge in [0, 0.05) is 5.38 Å². The number of carboxylic acid groups (broad SMARTS) is 1. The van der Waals surface area contributed by atoms with Crippen LogP contribution in [-0.2, 0) is 36.1 Å². The summed E-state index contributed by atoms with van der Waals surface area (Å²) >= 11 is 0.965. The second kappa shape index (κ2) is 8.95. The maximum atomic E-state index is 13.0. The number of hydrogen-bond donors (Lipinski definition) is 4. The zero-order valence-corrected chi connectivity index (χ0v) is 19.6. The largest absolute Gasteiger partial charge is 0.478 e. The number of rotatable bonds is 9. The van der Waals surface area contributed by atoms with E-state index in [0.29, 0.717) is 5.82 Å². The molecule has 0 aromatic carbocycles. The Balaban J connectivity index is 1.89. The third-order valence-corrected chi connectivity index (χ3v) is 6.21. The van der Waals surface area contributed by atoms with Gasteiger partial charge in [0.25, 0.3) is 11.8 Å². The highest BCUT2D eigenvalue weighted by Gasteiger charge is 2.54. The van der Waals surface area contributed by atoms with Crippen molar-refractivity contribution in [2.45, 2.75) is 45.0 Å². The number of thiazole rings is 1. The molecular formula is C16H20N8O8S2. The lowest BCUT2D eigenvalue weighted by Crippen LogP contribution is -2.73. The molecule has 184 valence electrons. The number of nitrogen functional groups attached to an aromatic ring is 1. The molecule has 16 nitrogen and oxygen atoms in total. The standard InChI is InChI=1S/C16H20N8O8S2/c1-7-18-6-23(21-7)4-9-11(13(26)24(9)34(29,30)31)20-12(25)10(8-5-33-15(17)19-8)22-32-16(2,3)14(27)28/h5-6,9,11H,4H2,1-3H3,(H2,17,19)(H,20,25)(H,27,28)(H,29,30,31)/t9-,11-/m0/s1. The van der Waals surface area contributed by atoms with Gasteiger partial charge in [0.15, 0.2) is 10.8 Å². The van der Waals surface area contributed by atoms with Gasteiger partial charge in [0.2, 0.25) is 5.60 Å². The first-order valence-electron chi connectivity index (χ1n) is 9.39. The minimum atomic E-state index is -4.93. The van der Waals surface area contributed by atoms with Gasteiger partial charge in [-0.25, -0.2) is 19.1 Å². The van der Waals surface area contributed by atoms with Gasteiger partial charge in [-0.2, -0.15) is 13.5 Å². The van der Waals surface area contributed by atoms with Crippen molar-refractivity contribution in [3.63, 3.8) is 0 Å². The third-order valence-electron chi connectivity index (χ3n) is 4.59. The summed E-state index contributed by atoms with van der Waals surface area (Å²) in [6, 6.07) is -2.65.